The van der Waals surface area contributed by atoms with Crippen LogP contribution in [0.3, 0.4) is 0 Å². The van der Waals surface area contributed by atoms with E-state index < -0.39 is 0 Å². The highest BCUT2D eigenvalue weighted by atomic mass is 32.2. The van der Waals surface area contributed by atoms with E-state index >= 15 is 0 Å². The molecule has 0 aromatic heterocycles. The van der Waals surface area contributed by atoms with Crippen LogP contribution in [-0.4, -0.2) is 42.2 Å². The summed E-state index contributed by atoms with van der Waals surface area (Å²) in [6.45, 7) is 7.74. The van der Waals surface area contributed by atoms with Crippen molar-refractivity contribution in [1.82, 2.24) is 4.90 Å². The first-order valence-electron chi connectivity index (χ1n) is 7.01. The molecule has 116 valence electrons. The summed E-state index contributed by atoms with van der Waals surface area (Å²) in [5.41, 5.74) is 1.55. The average Bonchev–Trinajstić information content (AvgIpc) is 2.44. The molecule has 1 aromatic carbocycles. The van der Waals surface area contributed by atoms with Crippen molar-refractivity contribution < 1.29 is 14.3 Å². The van der Waals surface area contributed by atoms with Crippen LogP contribution in [0.4, 0.5) is 0 Å². The summed E-state index contributed by atoms with van der Waals surface area (Å²) in [5.74, 6) is -0.510. The Kier molecular flexibility index (Phi) is 6.75. The van der Waals surface area contributed by atoms with Crippen molar-refractivity contribution in [2.24, 2.45) is 0 Å². The van der Waals surface area contributed by atoms with Gasteiger partial charge in [0.25, 0.3) is 5.91 Å². The van der Waals surface area contributed by atoms with E-state index in [4.69, 9.17) is 4.74 Å². The Labute approximate surface area is 130 Å². The Bertz CT molecular complexity index is 514. The Morgan fingerprint density at radius 2 is 2.00 bits per heavy atom. The van der Waals surface area contributed by atoms with Gasteiger partial charge in [0.2, 0.25) is 0 Å². The van der Waals surface area contributed by atoms with Crippen LogP contribution in [0, 0.1) is 6.92 Å². The smallest absolute Gasteiger partial charge is 0.325 e. The van der Waals surface area contributed by atoms with E-state index in [9.17, 15) is 9.59 Å². The Balaban J connectivity index is 3.03. The van der Waals surface area contributed by atoms with Gasteiger partial charge in [-0.2, -0.15) is 0 Å². The molecule has 1 rings (SSSR count). The van der Waals surface area contributed by atoms with Crippen molar-refractivity contribution in [3.8, 4) is 0 Å². The highest BCUT2D eigenvalue weighted by Gasteiger charge is 2.23. The number of aryl methyl sites for hydroxylation is 1. The third-order valence-corrected chi connectivity index (χ3v) is 3.89. The molecule has 0 unspecified atom stereocenters. The summed E-state index contributed by atoms with van der Waals surface area (Å²) in [6, 6.07) is 5.73. The number of nitrogens with zero attached hydrogens (tertiary/aromatic N) is 1. The van der Waals surface area contributed by atoms with Crippen molar-refractivity contribution in [3.05, 3.63) is 29.3 Å². The maximum atomic E-state index is 12.7. The standard InChI is InChI=1S/C16H23NO3S/c1-6-20-15(18)10-17(11(2)3)16(19)14-9-13(21-5)8-7-12(14)4/h7-9,11H,6,10H2,1-5H3. The summed E-state index contributed by atoms with van der Waals surface area (Å²) in [4.78, 5) is 27.0. The van der Waals surface area contributed by atoms with Gasteiger partial charge in [-0.15, -0.1) is 11.8 Å². The van der Waals surface area contributed by atoms with E-state index in [0.717, 1.165) is 10.5 Å². The largest absolute Gasteiger partial charge is 0.465 e. The van der Waals surface area contributed by atoms with Gasteiger partial charge in [-0.05, 0) is 51.6 Å². The highest BCUT2D eigenvalue weighted by molar-refractivity contribution is 7.98. The lowest BCUT2D eigenvalue weighted by Gasteiger charge is -2.26. The van der Waals surface area contributed by atoms with Crippen LogP contribution in [0.15, 0.2) is 23.1 Å². The summed E-state index contributed by atoms with van der Waals surface area (Å²) in [5, 5.41) is 0. The van der Waals surface area contributed by atoms with Gasteiger partial charge in [0.05, 0.1) is 6.61 Å². The highest BCUT2D eigenvalue weighted by Crippen LogP contribution is 2.21. The van der Waals surface area contributed by atoms with E-state index in [0.29, 0.717) is 12.2 Å². The first-order valence-corrected chi connectivity index (χ1v) is 8.24. The maximum Gasteiger partial charge on any atom is 0.325 e. The van der Waals surface area contributed by atoms with Gasteiger partial charge in [-0.25, -0.2) is 0 Å². The van der Waals surface area contributed by atoms with E-state index in [1.54, 1.807) is 23.6 Å². The number of hydrogen-bond acceptors (Lipinski definition) is 4. The zero-order chi connectivity index (χ0) is 16.0. The molecular weight excluding hydrogens is 286 g/mol. The molecule has 1 aromatic rings. The fourth-order valence-corrected chi connectivity index (χ4v) is 2.39. The fourth-order valence-electron chi connectivity index (χ4n) is 1.95. The number of carbonyl (C=O) groups is 2. The lowest BCUT2D eigenvalue weighted by Crippen LogP contribution is -2.41. The molecule has 5 heteroatoms. The third kappa shape index (κ3) is 4.77. The van der Waals surface area contributed by atoms with E-state index in [1.807, 2.05) is 45.2 Å². The first-order chi connectivity index (χ1) is 9.90. The molecule has 0 N–H and O–H groups in total. The Hall–Kier alpha value is -1.49. The fraction of sp³-hybridized carbons (Fsp3) is 0.500. The van der Waals surface area contributed by atoms with Gasteiger partial charge in [-0.1, -0.05) is 6.07 Å². The molecule has 4 nitrogen and oxygen atoms in total. The molecule has 0 aliphatic heterocycles. The number of benzene rings is 1. The molecule has 0 heterocycles. The van der Waals surface area contributed by atoms with E-state index in [1.165, 1.54) is 0 Å². The van der Waals surface area contributed by atoms with Crippen molar-refractivity contribution in [1.29, 1.82) is 0 Å². The van der Waals surface area contributed by atoms with Crippen molar-refractivity contribution in [3.63, 3.8) is 0 Å². The number of ether oxygens (including phenoxy) is 1. The van der Waals surface area contributed by atoms with Crippen LogP contribution in [0.25, 0.3) is 0 Å². The van der Waals surface area contributed by atoms with Crippen LogP contribution in [0.5, 0.6) is 0 Å². The molecule has 0 aliphatic rings. The Morgan fingerprint density at radius 3 is 2.52 bits per heavy atom. The topological polar surface area (TPSA) is 46.6 Å². The van der Waals surface area contributed by atoms with Crippen molar-refractivity contribution >= 4 is 23.6 Å². The zero-order valence-corrected chi connectivity index (χ0v) is 14.1. The molecule has 0 fully saturated rings. The van der Waals surface area contributed by atoms with Crippen molar-refractivity contribution in [2.75, 3.05) is 19.4 Å². The van der Waals surface area contributed by atoms with E-state index in [2.05, 4.69) is 0 Å². The summed E-state index contributed by atoms with van der Waals surface area (Å²) in [6.07, 6.45) is 1.97. The summed E-state index contributed by atoms with van der Waals surface area (Å²) < 4.78 is 4.95. The third-order valence-electron chi connectivity index (χ3n) is 3.16. The number of hydrogen-bond donors (Lipinski definition) is 0. The second-order valence-electron chi connectivity index (χ2n) is 5.01. The predicted molar refractivity (Wildman–Crippen MR) is 85.8 cm³/mol. The maximum absolute atomic E-state index is 12.7. The molecule has 0 atom stereocenters. The van der Waals surface area contributed by atoms with Gasteiger partial charge in [-0.3, -0.25) is 9.59 Å². The SMILES string of the molecule is CCOC(=O)CN(C(=O)c1cc(SC)ccc1C)C(C)C. The predicted octanol–water partition coefficient (Wildman–Crippen LogP) is 3.13. The number of amides is 1. The van der Waals surface area contributed by atoms with Crippen LogP contribution in [0.1, 0.15) is 36.7 Å². The lowest BCUT2D eigenvalue weighted by molar-refractivity contribution is -0.144. The van der Waals surface area contributed by atoms with Crippen LogP contribution >= 0.6 is 11.8 Å². The minimum absolute atomic E-state index is 0.0206. The number of thioether (sulfide) groups is 1. The number of esters is 1. The molecular formula is C16H23NO3S. The van der Waals surface area contributed by atoms with Gasteiger partial charge < -0.3 is 9.64 Å². The van der Waals surface area contributed by atoms with E-state index in [-0.39, 0.29) is 24.5 Å². The summed E-state index contributed by atoms with van der Waals surface area (Å²) in [7, 11) is 0. The zero-order valence-electron chi connectivity index (χ0n) is 13.3. The number of carbonyl (C=O) groups excluding carboxylic acids is 2. The molecule has 21 heavy (non-hydrogen) atoms. The molecule has 0 bridgehead atoms. The van der Waals surface area contributed by atoms with Gasteiger partial charge in [0.1, 0.15) is 6.54 Å². The van der Waals surface area contributed by atoms with Crippen LogP contribution in [-0.2, 0) is 9.53 Å². The van der Waals surface area contributed by atoms with Crippen LogP contribution < -0.4 is 0 Å². The molecule has 0 spiro atoms. The second kappa shape index (κ2) is 8.08. The first kappa shape index (κ1) is 17.6. The molecule has 0 saturated heterocycles. The lowest BCUT2D eigenvalue weighted by atomic mass is 10.1. The van der Waals surface area contributed by atoms with Crippen LogP contribution in [0.2, 0.25) is 0 Å². The average molecular weight is 309 g/mol. The van der Waals surface area contributed by atoms with Gasteiger partial charge >= 0.3 is 5.97 Å². The van der Waals surface area contributed by atoms with Crippen molar-refractivity contribution in [2.45, 2.75) is 38.6 Å². The minimum atomic E-state index is -0.377. The molecule has 0 aliphatic carbocycles. The number of rotatable bonds is 6. The normalized spacial score (nSPS) is 10.6. The van der Waals surface area contributed by atoms with Gasteiger partial charge in [0.15, 0.2) is 0 Å². The minimum Gasteiger partial charge on any atom is -0.465 e. The summed E-state index contributed by atoms with van der Waals surface area (Å²) >= 11 is 1.59. The van der Waals surface area contributed by atoms with Gasteiger partial charge in [0, 0.05) is 16.5 Å². The Morgan fingerprint density at radius 1 is 1.33 bits per heavy atom. The molecule has 1 amide bonds. The quantitative estimate of drug-likeness (QED) is 0.598. The molecule has 0 saturated carbocycles. The second-order valence-corrected chi connectivity index (χ2v) is 5.89. The molecule has 0 radical (unpaired) electrons. The monoisotopic (exact) mass is 309 g/mol.